The van der Waals surface area contributed by atoms with Crippen LogP contribution >= 0.6 is 12.4 Å². The molecule has 2 atom stereocenters. The quantitative estimate of drug-likeness (QED) is 0.749. The first-order valence-corrected chi connectivity index (χ1v) is 4.95. The first kappa shape index (κ1) is 13.2. The van der Waals surface area contributed by atoms with Crippen LogP contribution in [-0.2, 0) is 0 Å². The van der Waals surface area contributed by atoms with Gasteiger partial charge in [-0.1, -0.05) is 0 Å². The van der Waals surface area contributed by atoms with Crippen molar-refractivity contribution >= 4 is 12.4 Å². The van der Waals surface area contributed by atoms with Crippen LogP contribution in [0.1, 0.15) is 40.5 Å². The Kier molecular flexibility index (Phi) is 4.70. The summed E-state index contributed by atoms with van der Waals surface area (Å²) in [6.45, 7) is 9.83. The highest BCUT2D eigenvalue weighted by atomic mass is 35.5. The Balaban J connectivity index is 0.00000144. The lowest BCUT2D eigenvalue weighted by molar-refractivity contribution is 0.176. The summed E-state index contributed by atoms with van der Waals surface area (Å²) in [4.78, 5) is 2.53. The fraction of sp³-hybridized carbons (Fsp3) is 1.00. The fourth-order valence-electron chi connectivity index (χ4n) is 2.03. The molecule has 0 radical (unpaired) electrons. The summed E-state index contributed by atoms with van der Waals surface area (Å²) in [7, 11) is 0. The Bertz CT molecular complexity index is 143. The third-order valence-corrected chi connectivity index (χ3v) is 2.72. The van der Waals surface area contributed by atoms with E-state index in [0.717, 1.165) is 18.6 Å². The molecule has 0 aromatic rings. The van der Waals surface area contributed by atoms with Gasteiger partial charge in [0.25, 0.3) is 0 Å². The Morgan fingerprint density at radius 2 is 1.62 bits per heavy atom. The van der Waals surface area contributed by atoms with Gasteiger partial charge in [-0.3, -0.25) is 4.90 Å². The zero-order valence-electron chi connectivity index (χ0n) is 9.21. The molecule has 13 heavy (non-hydrogen) atoms. The maximum absolute atomic E-state index is 6.00. The smallest absolute Gasteiger partial charge is 0.0226 e. The minimum absolute atomic E-state index is 0. The summed E-state index contributed by atoms with van der Waals surface area (Å²) in [5, 5.41) is 0. The molecule has 1 saturated heterocycles. The summed E-state index contributed by atoms with van der Waals surface area (Å²) in [6, 6.07) is 1.45. The Morgan fingerprint density at radius 1 is 1.23 bits per heavy atom. The first-order valence-electron chi connectivity index (χ1n) is 4.95. The van der Waals surface area contributed by atoms with Gasteiger partial charge in [0.05, 0.1) is 0 Å². The molecule has 1 aliphatic heterocycles. The average molecular weight is 207 g/mol. The maximum Gasteiger partial charge on any atom is 0.0226 e. The molecule has 1 aliphatic rings. The monoisotopic (exact) mass is 206 g/mol. The van der Waals surface area contributed by atoms with E-state index in [-0.39, 0.29) is 17.9 Å². The third kappa shape index (κ3) is 3.84. The molecule has 3 heteroatoms. The summed E-state index contributed by atoms with van der Waals surface area (Å²) < 4.78 is 0. The van der Waals surface area contributed by atoms with E-state index >= 15 is 0 Å². The number of nitrogens with zero attached hydrogens (tertiary/aromatic N) is 1. The van der Waals surface area contributed by atoms with Gasteiger partial charge in [0.2, 0.25) is 0 Å². The highest BCUT2D eigenvalue weighted by Gasteiger charge is 2.30. The fourth-order valence-corrected chi connectivity index (χ4v) is 2.03. The normalized spacial score (nSPS) is 30.2. The molecule has 0 aromatic heterocycles. The molecule has 2 unspecified atom stereocenters. The Hall–Kier alpha value is 0.210. The van der Waals surface area contributed by atoms with Gasteiger partial charge in [0.1, 0.15) is 0 Å². The minimum Gasteiger partial charge on any atom is -0.324 e. The van der Waals surface area contributed by atoms with Crippen molar-refractivity contribution in [3.8, 4) is 0 Å². The molecule has 0 saturated carbocycles. The Morgan fingerprint density at radius 3 is 1.92 bits per heavy atom. The van der Waals surface area contributed by atoms with Crippen LogP contribution in [0, 0.1) is 0 Å². The summed E-state index contributed by atoms with van der Waals surface area (Å²) >= 11 is 0. The van der Waals surface area contributed by atoms with Crippen molar-refractivity contribution in [3.63, 3.8) is 0 Å². The molecule has 2 nitrogen and oxygen atoms in total. The van der Waals surface area contributed by atoms with E-state index in [4.69, 9.17) is 5.73 Å². The molecule has 1 heterocycles. The molecule has 0 bridgehead atoms. The van der Waals surface area contributed by atoms with Crippen LogP contribution in [0.5, 0.6) is 0 Å². The second kappa shape index (κ2) is 4.63. The van der Waals surface area contributed by atoms with Crippen molar-refractivity contribution in [2.24, 2.45) is 5.73 Å². The van der Waals surface area contributed by atoms with Gasteiger partial charge in [-0.25, -0.2) is 0 Å². The van der Waals surface area contributed by atoms with Crippen LogP contribution in [0.3, 0.4) is 0 Å². The van der Waals surface area contributed by atoms with Crippen LogP contribution in [0.2, 0.25) is 0 Å². The minimum atomic E-state index is -0.0488. The number of hydrogen-bond acceptors (Lipinski definition) is 2. The van der Waals surface area contributed by atoms with E-state index in [1.165, 1.54) is 12.8 Å². The van der Waals surface area contributed by atoms with Gasteiger partial charge in [-0.05, 0) is 40.5 Å². The zero-order valence-corrected chi connectivity index (χ0v) is 10.0. The average Bonchev–Trinajstić information content (AvgIpc) is 2.16. The molecular formula is C10H23ClN2. The highest BCUT2D eigenvalue weighted by molar-refractivity contribution is 5.85. The van der Waals surface area contributed by atoms with E-state index in [2.05, 4.69) is 32.6 Å². The largest absolute Gasteiger partial charge is 0.324 e. The van der Waals surface area contributed by atoms with E-state index in [1.807, 2.05) is 0 Å². The van der Waals surface area contributed by atoms with Gasteiger partial charge in [-0.2, -0.15) is 0 Å². The lowest BCUT2D eigenvalue weighted by Gasteiger charge is -2.32. The van der Waals surface area contributed by atoms with E-state index < -0.39 is 0 Å². The lowest BCUT2D eigenvalue weighted by atomic mass is 10.1. The van der Waals surface area contributed by atoms with Gasteiger partial charge in [0, 0.05) is 24.2 Å². The number of nitrogens with two attached hydrogens (primary N) is 1. The third-order valence-electron chi connectivity index (χ3n) is 2.72. The molecule has 1 rings (SSSR count). The van der Waals surface area contributed by atoms with E-state index in [1.54, 1.807) is 0 Å². The molecule has 0 amide bonds. The van der Waals surface area contributed by atoms with Crippen LogP contribution in [0.4, 0.5) is 0 Å². The molecule has 2 N–H and O–H groups in total. The predicted octanol–water partition coefficient (Wildman–Crippen LogP) is 2.02. The molecule has 1 fully saturated rings. The second-order valence-corrected chi connectivity index (χ2v) is 4.94. The summed E-state index contributed by atoms with van der Waals surface area (Å²) in [5.41, 5.74) is 5.95. The van der Waals surface area contributed by atoms with Crippen molar-refractivity contribution in [3.05, 3.63) is 0 Å². The predicted molar refractivity (Wildman–Crippen MR) is 60.4 cm³/mol. The number of likely N-dealkylation sites (tertiary alicyclic amines) is 1. The lowest BCUT2D eigenvalue weighted by Crippen LogP contribution is -2.48. The molecule has 0 aromatic carbocycles. The van der Waals surface area contributed by atoms with Crippen LogP contribution in [-0.4, -0.2) is 29.1 Å². The second-order valence-electron chi connectivity index (χ2n) is 4.94. The summed E-state index contributed by atoms with van der Waals surface area (Å²) in [6.07, 6.45) is 2.66. The van der Waals surface area contributed by atoms with Crippen LogP contribution in [0.15, 0.2) is 0 Å². The van der Waals surface area contributed by atoms with Gasteiger partial charge >= 0.3 is 0 Å². The van der Waals surface area contributed by atoms with Crippen molar-refractivity contribution < 1.29 is 0 Å². The van der Waals surface area contributed by atoms with Gasteiger partial charge < -0.3 is 5.73 Å². The Labute approximate surface area is 88.3 Å². The van der Waals surface area contributed by atoms with Gasteiger partial charge in [0.15, 0.2) is 0 Å². The topological polar surface area (TPSA) is 29.3 Å². The van der Waals surface area contributed by atoms with E-state index in [0.29, 0.717) is 0 Å². The molecule has 80 valence electrons. The van der Waals surface area contributed by atoms with Crippen LogP contribution in [0.25, 0.3) is 0 Å². The van der Waals surface area contributed by atoms with Crippen LogP contribution < -0.4 is 5.73 Å². The van der Waals surface area contributed by atoms with Crippen molar-refractivity contribution in [1.82, 2.24) is 4.90 Å². The zero-order chi connectivity index (χ0) is 9.35. The van der Waals surface area contributed by atoms with Crippen molar-refractivity contribution in [2.45, 2.75) is 58.2 Å². The first-order chi connectivity index (χ1) is 5.40. The molecule has 0 aliphatic carbocycles. The standard InChI is InChI=1S/C10H22N2.ClH/c1-8-5-6-9(2)12(8)7-10(3,4)11;/h8-9H,5-7,11H2,1-4H3;1H. The highest BCUT2D eigenvalue weighted by Crippen LogP contribution is 2.24. The summed E-state index contributed by atoms with van der Waals surface area (Å²) in [5.74, 6) is 0. The maximum atomic E-state index is 6.00. The number of halogens is 1. The SMILES string of the molecule is CC1CCC(C)N1CC(C)(C)N.Cl. The van der Waals surface area contributed by atoms with E-state index in [9.17, 15) is 0 Å². The molecular weight excluding hydrogens is 184 g/mol. The van der Waals surface area contributed by atoms with Crippen molar-refractivity contribution in [1.29, 1.82) is 0 Å². The number of rotatable bonds is 2. The number of hydrogen-bond donors (Lipinski definition) is 1. The van der Waals surface area contributed by atoms with Crippen molar-refractivity contribution in [2.75, 3.05) is 6.54 Å². The molecule has 0 spiro atoms. The van der Waals surface area contributed by atoms with Gasteiger partial charge in [-0.15, -0.1) is 12.4 Å².